The van der Waals surface area contributed by atoms with Crippen molar-refractivity contribution in [1.29, 1.82) is 0 Å². The average Bonchev–Trinajstić information content (AvgIpc) is 2.74. The minimum atomic E-state index is -0.504. The number of amides is 2. The summed E-state index contributed by atoms with van der Waals surface area (Å²) in [6.07, 6.45) is 3.19. The number of H-pyrrole nitrogens is 1. The highest BCUT2D eigenvalue weighted by Gasteiger charge is 2.22. The first-order valence-corrected chi connectivity index (χ1v) is 5.52. The molecule has 94 valence electrons. The van der Waals surface area contributed by atoms with Gasteiger partial charge in [-0.3, -0.25) is 9.59 Å². The third kappa shape index (κ3) is 4.26. The van der Waals surface area contributed by atoms with Gasteiger partial charge in [-0.2, -0.15) is 0 Å². The van der Waals surface area contributed by atoms with Gasteiger partial charge in [0.15, 0.2) is 0 Å². The van der Waals surface area contributed by atoms with E-state index in [9.17, 15) is 9.59 Å². The fourth-order valence-electron chi connectivity index (χ4n) is 1.43. The highest BCUT2D eigenvalue weighted by molar-refractivity contribution is 5.86. The molecule has 17 heavy (non-hydrogen) atoms. The predicted octanol–water partition coefficient (Wildman–Crippen LogP) is 0.187. The Morgan fingerprint density at radius 3 is 2.65 bits per heavy atom. The quantitative estimate of drug-likeness (QED) is 0.684. The van der Waals surface area contributed by atoms with Crippen molar-refractivity contribution in [2.45, 2.75) is 33.4 Å². The Morgan fingerprint density at radius 1 is 1.47 bits per heavy atom. The minimum Gasteiger partial charge on any atom is -0.349 e. The molecule has 0 aliphatic rings. The monoisotopic (exact) mass is 238 g/mol. The largest absolute Gasteiger partial charge is 0.349 e. The summed E-state index contributed by atoms with van der Waals surface area (Å²) in [6, 6.07) is -0.504. The molecule has 6 heteroatoms. The summed E-state index contributed by atoms with van der Waals surface area (Å²) in [7, 11) is 0. The fraction of sp³-hybridized carbons (Fsp3) is 0.545. The van der Waals surface area contributed by atoms with Gasteiger partial charge in [-0.15, -0.1) is 0 Å². The molecule has 0 fully saturated rings. The van der Waals surface area contributed by atoms with E-state index in [1.807, 2.05) is 13.8 Å². The van der Waals surface area contributed by atoms with E-state index in [4.69, 9.17) is 0 Å². The van der Waals surface area contributed by atoms with Crippen LogP contribution in [0.25, 0.3) is 0 Å². The number of hydrogen-bond acceptors (Lipinski definition) is 3. The highest BCUT2D eigenvalue weighted by atomic mass is 16.2. The third-order valence-electron chi connectivity index (χ3n) is 2.32. The number of aromatic nitrogens is 2. The Bertz CT molecular complexity index is 373. The van der Waals surface area contributed by atoms with Crippen molar-refractivity contribution >= 4 is 11.8 Å². The topological polar surface area (TPSA) is 86.9 Å². The molecule has 1 aromatic heterocycles. The molecule has 0 radical (unpaired) electrons. The second-order valence-electron chi connectivity index (χ2n) is 4.22. The highest BCUT2D eigenvalue weighted by Crippen LogP contribution is 2.02. The number of hydrogen-bond donors (Lipinski definition) is 3. The van der Waals surface area contributed by atoms with Crippen LogP contribution in [-0.4, -0.2) is 27.8 Å². The Balaban J connectivity index is 2.50. The average molecular weight is 238 g/mol. The van der Waals surface area contributed by atoms with Gasteiger partial charge in [0.25, 0.3) is 0 Å². The number of aromatic amines is 1. The third-order valence-corrected chi connectivity index (χ3v) is 2.32. The van der Waals surface area contributed by atoms with Crippen LogP contribution in [0.3, 0.4) is 0 Å². The first-order chi connectivity index (χ1) is 8.00. The van der Waals surface area contributed by atoms with E-state index in [0.29, 0.717) is 6.54 Å². The molecule has 6 nitrogen and oxygen atoms in total. The summed E-state index contributed by atoms with van der Waals surface area (Å²) in [6.45, 7) is 5.55. The lowest BCUT2D eigenvalue weighted by molar-refractivity contribution is -0.129. The van der Waals surface area contributed by atoms with E-state index in [1.165, 1.54) is 6.92 Å². The number of rotatable bonds is 5. The van der Waals surface area contributed by atoms with E-state index in [2.05, 4.69) is 20.6 Å². The summed E-state index contributed by atoms with van der Waals surface area (Å²) in [4.78, 5) is 29.6. The van der Waals surface area contributed by atoms with Gasteiger partial charge in [0.05, 0.1) is 18.6 Å². The van der Waals surface area contributed by atoms with E-state index in [0.717, 1.165) is 5.69 Å². The number of imidazole rings is 1. The lowest BCUT2D eigenvalue weighted by atomic mass is 10.0. The molecule has 0 bridgehead atoms. The van der Waals surface area contributed by atoms with Gasteiger partial charge in [0.2, 0.25) is 11.8 Å². The lowest BCUT2D eigenvalue weighted by Gasteiger charge is -2.20. The van der Waals surface area contributed by atoms with Crippen LogP contribution in [0, 0.1) is 5.92 Å². The first-order valence-electron chi connectivity index (χ1n) is 5.52. The molecule has 0 aliphatic heterocycles. The van der Waals surface area contributed by atoms with Gasteiger partial charge in [-0.1, -0.05) is 13.8 Å². The van der Waals surface area contributed by atoms with Gasteiger partial charge in [-0.05, 0) is 5.92 Å². The maximum Gasteiger partial charge on any atom is 0.243 e. The van der Waals surface area contributed by atoms with Crippen LogP contribution < -0.4 is 10.6 Å². The molecular weight excluding hydrogens is 220 g/mol. The van der Waals surface area contributed by atoms with Crippen LogP contribution in [0.5, 0.6) is 0 Å². The molecule has 1 aromatic rings. The molecule has 0 aliphatic carbocycles. The van der Waals surface area contributed by atoms with Crippen LogP contribution in [0.1, 0.15) is 26.5 Å². The molecular formula is C11H18N4O2. The van der Waals surface area contributed by atoms with Crippen molar-refractivity contribution < 1.29 is 9.59 Å². The molecule has 0 spiro atoms. The molecule has 1 atom stereocenters. The Kier molecular flexibility index (Phi) is 4.68. The number of nitrogens with zero attached hydrogens (tertiary/aromatic N) is 1. The lowest BCUT2D eigenvalue weighted by Crippen LogP contribution is -2.48. The van der Waals surface area contributed by atoms with Crippen LogP contribution in [0.15, 0.2) is 12.5 Å². The zero-order valence-corrected chi connectivity index (χ0v) is 10.3. The SMILES string of the molecule is CC(=O)NC(C(=O)NCc1cnc[nH]1)C(C)C. The minimum absolute atomic E-state index is 0.0423. The normalized spacial score (nSPS) is 12.2. The zero-order valence-electron chi connectivity index (χ0n) is 10.3. The Hall–Kier alpha value is -1.85. The number of nitrogens with one attached hydrogen (secondary N) is 3. The smallest absolute Gasteiger partial charge is 0.243 e. The van der Waals surface area contributed by atoms with Crippen LogP contribution in [-0.2, 0) is 16.1 Å². The fourth-order valence-corrected chi connectivity index (χ4v) is 1.43. The van der Waals surface area contributed by atoms with Crippen molar-refractivity contribution in [3.63, 3.8) is 0 Å². The summed E-state index contributed by atoms with van der Waals surface area (Å²) in [5.74, 6) is -0.356. The van der Waals surface area contributed by atoms with Crippen molar-refractivity contribution in [2.24, 2.45) is 5.92 Å². The van der Waals surface area contributed by atoms with Gasteiger partial charge in [-0.25, -0.2) is 4.98 Å². The van der Waals surface area contributed by atoms with Gasteiger partial charge < -0.3 is 15.6 Å². The predicted molar refractivity (Wildman–Crippen MR) is 62.9 cm³/mol. The zero-order chi connectivity index (χ0) is 12.8. The van der Waals surface area contributed by atoms with Gasteiger partial charge in [0, 0.05) is 13.1 Å². The molecule has 1 heterocycles. The van der Waals surface area contributed by atoms with E-state index < -0.39 is 6.04 Å². The van der Waals surface area contributed by atoms with Crippen LogP contribution in [0.2, 0.25) is 0 Å². The first kappa shape index (κ1) is 13.2. The summed E-state index contributed by atoms with van der Waals surface area (Å²) >= 11 is 0. The second-order valence-corrected chi connectivity index (χ2v) is 4.22. The molecule has 0 saturated carbocycles. The van der Waals surface area contributed by atoms with Crippen molar-refractivity contribution in [2.75, 3.05) is 0 Å². The van der Waals surface area contributed by atoms with Crippen molar-refractivity contribution in [1.82, 2.24) is 20.6 Å². The molecule has 1 rings (SSSR count). The van der Waals surface area contributed by atoms with Crippen molar-refractivity contribution in [3.05, 3.63) is 18.2 Å². The van der Waals surface area contributed by atoms with E-state index in [1.54, 1.807) is 12.5 Å². The summed E-state index contributed by atoms with van der Waals surface area (Å²) in [5, 5.41) is 5.38. The molecule has 0 aromatic carbocycles. The van der Waals surface area contributed by atoms with Crippen LogP contribution in [0.4, 0.5) is 0 Å². The maximum absolute atomic E-state index is 11.9. The molecule has 2 amide bonds. The Labute approximate surface area is 100 Å². The molecule has 0 saturated heterocycles. The number of carbonyl (C=O) groups is 2. The Morgan fingerprint density at radius 2 is 2.18 bits per heavy atom. The molecule has 3 N–H and O–H groups in total. The number of carbonyl (C=O) groups excluding carboxylic acids is 2. The summed E-state index contributed by atoms with van der Waals surface area (Å²) in [5.41, 5.74) is 0.823. The van der Waals surface area contributed by atoms with Gasteiger partial charge in [0.1, 0.15) is 6.04 Å². The second kappa shape index (κ2) is 6.03. The van der Waals surface area contributed by atoms with Gasteiger partial charge >= 0.3 is 0 Å². The summed E-state index contributed by atoms with van der Waals surface area (Å²) < 4.78 is 0. The standard InChI is InChI=1S/C11H18N4O2/c1-7(2)10(15-8(3)16)11(17)13-5-9-4-12-6-14-9/h4,6-7,10H,5H2,1-3H3,(H,12,14)(H,13,17)(H,15,16). The maximum atomic E-state index is 11.9. The van der Waals surface area contributed by atoms with E-state index in [-0.39, 0.29) is 17.7 Å². The molecule has 1 unspecified atom stereocenters. The van der Waals surface area contributed by atoms with Crippen LogP contribution >= 0.6 is 0 Å². The van der Waals surface area contributed by atoms with Crippen molar-refractivity contribution in [3.8, 4) is 0 Å². The van der Waals surface area contributed by atoms with E-state index >= 15 is 0 Å².